The van der Waals surface area contributed by atoms with E-state index in [2.05, 4.69) is 32.8 Å². The minimum absolute atomic E-state index is 0.0235. The highest BCUT2D eigenvalue weighted by Gasteiger charge is 2.25. The molecule has 2 aliphatic rings. The minimum atomic E-state index is -0.0235. The van der Waals surface area contributed by atoms with E-state index in [0.717, 1.165) is 35.4 Å². The number of hydrogen-bond acceptors (Lipinski definition) is 4. The molecule has 0 aromatic heterocycles. The van der Waals surface area contributed by atoms with E-state index in [1.54, 1.807) is 20.3 Å². The maximum Gasteiger partial charge on any atom is 0.252 e. The number of rotatable bonds is 6. The number of carbonyl (C=O) groups is 1. The van der Waals surface area contributed by atoms with Gasteiger partial charge in [0.25, 0.3) is 5.91 Å². The molecule has 0 unspecified atom stereocenters. The van der Waals surface area contributed by atoms with Gasteiger partial charge in [0.15, 0.2) is 11.5 Å². The fraction of sp³-hybridized carbons (Fsp3) is 0.650. The first-order valence-corrected chi connectivity index (χ1v) is 10.6. The number of nitrogens with zero attached hydrogens (tertiary/aromatic N) is 1. The zero-order chi connectivity index (χ0) is 18.5. The van der Waals surface area contributed by atoms with E-state index in [1.807, 2.05) is 6.07 Å². The summed E-state index contributed by atoms with van der Waals surface area (Å²) in [6, 6.07) is 3.87. The Bertz CT molecular complexity index is 624. The molecular formula is C20H29IN2O3. The van der Waals surface area contributed by atoms with Crippen molar-refractivity contribution in [3.63, 3.8) is 0 Å². The van der Waals surface area contributed by atoms with Crippen molar-refractivity contribution in [1.29, 1.82) is 0 Å². The molecule has 0 spiro atoms. The molecule has 1 N–H and O–H groups in total. The summed E-state index contributed by atoms with van der Waals surface area (Å²) < 4.78 is 11.5. The fourth-order valence-electron chi connectivity index (χ4n) is 4.11. The van der Waals surface area contributed by atoms with E-state index >= 15 is 0 Å². The number of ether oxygens (including phenoxy) is 2. The number of halogens is 1. The van der Waals surface area contributed by atoms with Gasteiger partial charge in [-0.1, -0.05) is 12.8 Å². The summed E-state index contributed by atoms with van der Waals surface area (Å²) in [5.41, 5.74) is 0.650. The average Bonchev–Trinajstić information content (AvgIpc) is 3.16. The second-order valence-corrected chi connectivity index (χ2v) is 8.55. The zero-order valence-corrected chi connectivity index (χ0v) is 17.9. The van der Waals surface area contributed by atoms with E-state index in [9.17, 15) is 4.79 Å². The number of piperidine rings is 1. The number of likely N-dealkylation sites (tertiary alicyclic amines) is 1. The molecule has 0 radical (unpaired) electrons. The van der Waals surface area contributed by atoms with Gasteiger partial charge in [-0.05, 0) is 66.3 Å². The van der Waals surface area contributed by atoms with Gasteiger partial charge in [0.05, 0.1) is 19.8 Å². The van der Waals surface area contributed by atoms with Crippen molar-refractivity contribution in [2.24, 2.45) is 5.92 Å². The summed E-state index contributed by atoms with van der Waals surface area (Å²) in [4.78, 5) is 15.3. The predicted molar refractivity (Wildman–Crippen MR) is 111 cm³/mol. The van der Waals surface area contributed by atoms with Crippen LogP contribution in [-0.2, 0) is 0 Å². The Morgan fingerprint density at radius 2 is 1.73 bits per heavy atom. The number of nitrogens with one attached hydrogen (secondary N) is 1. The summed E-state index contributed by atoms with van der Waals surface area (Å²) in [6.45, 7) is 3.42. The molecule has 1 aliphatic heterocycles. The zero-order valence-electron chi connectivity index (χ0n) is 15.7. The van der Waals surface area contributed by atoms with Gasteiger partial charge >= 0.3 is 0 Å². The lowest BCUT2D eigenvalue weighted by molar-refractivity contribution is 0.0904. The lowest BCUT2D eigenvalue weighted by atomic mass is 10.0. The van der Waals surface area contributed by atoms with Crippen LogP contribution in [0.1, 0.15) is 48.9 Å². The summed E-state index contributed by atoms with van der Waals surface area (Å²) in [5.74, 6) is 2.11. The third kappa shape index (κ3) is 4.82. The molecule has 6 heteroatoms. The van der Waals surface area contributed by atoms with Crippen molar-refractivity contribution in [2.75, 3.05) is 33.9 Å². The molecule has 1 aromatic carbocycles. The standard InChI is InChI=1S/C20H29IN2O3/c1-25-18-11-16(17(21)12-19(18)26-2)20(24)22-15-7-9-23(10-8-15)13-14-5-3-4-6-14/h11-12,14-15H,3-10,13H2,1-2H3,(H,22,24). The highest BCUT2D eigenvalue weighted by molar-refractivity contribution is 14.1. The highest BCUT2D eigenvalue weighted by Crippen LogP contribution is 2.31. The Kier molecular flexibility index (Phi) is 7.03. The van der Waals surface area contributed by atoms with E-state index < -0.39 is 0 Å². The third-order valence-electron chi connectivity index (χ3n) is 5.63. The molecule has 3 rings (SSSR count). The number of methoxy groups -OCH3 is 2. The SMILES string of the molecule is COc1cc(I)c(C(=O)NC2CCN(CC3CCCC3)CC2)cc1OC. The normalized spacial score (nSPS) is 19.5. The second-order valence-electron chi connectivity index (χ2n) is 7.39. The molecule has 1 amide bonds. The molecule has 2 fully saturated rings. The molecule has 5 nitrogen and oxygen atoms in total. The van der Waals surface area contributed by atoms with Crippen molar-refractivity contribution in [2.45, 2.75) is 44.6 Å². The van der Waals surface area contributed by atoms with Crippen molar-refractivity contribution < 1.29 is 14.3 Å². The Balaban J connectivity index is 1.54. The quantitative estimate of drug-likeness (QED) is 0.642. The molecule has 0 bridgehead atoms. The van der Waals surface area contributed by atoms with Gasteiger partial charge in [0, 0.05) is 29.2 Å². The van der Waals surface area contributed by atoms with Crippen LogP contribution in [0, 0.1) is 9.49 Å². The monoisotopic (exact) mass is 472 g/mol. The minimum Gasteiger partial charge on any atom is -0.493 e. The lowest BCUT2D eigenvalue weighted by Crippen LogP contribution is -2.45. The highest BCUT2D eigenvalue weighted by atomic mass is 127. The topological polar surface area (TPSA) is 50.8 Å². The summed E-state index contributed by atoms with van der Waals surface area (Å²) >= 11 is 2.18. The van der Waals surface area contributed by atoms with Gasteiger partial charge in [-0.2, -0.15) is 0 Å². The first kappa shape index (κ1) is 19.7. The van der Waals surface area contributed by atoms with Crippen molar-refractivity contribution in [3.05, 3.63) is 21.3 Å². The predicted octanol–water partition coefficient (Wildman–Crippen LogP) is 3.69. The van der Waals surface area contributed by atoms with Gasteiger partial charge in [-0.25, -0.2) is 0 Å². The van der Waals surface area contributed by atoms with Gasteiger partial charge < -0.3 is 19.7 Å². The smallest absolute Gasteiger partial charge is 0.252 e. The van der Waals surface area contributed by atoms with Crippen LogP contribution in [0.5, 0.6) is 11.5 Å². The summed E-state index contributed by atoms with van der Waals surface area (Å²) in [5, 5.41) is 3.21. The Morgan fingerprint density at radius 1 is 1.12 bits per heavy atom. The van der Waals surface area contributed by atoms with E-state index in [0.29, 0.717) is 17.1 Å². The second kappa shape index (κ2) is 9.26. The maximum atomic E-state index is 12.7. The Labute approximate surface area is 169 Å². The van der Waals surface area contributed by atoms with Crippen LogP contribution in [-0.4, -0.2) is 50.7 Å². The number of hydrogen-bond donors (Lipinski definition) is 1. The first-order chi connectivity index (χ1) is 12.6. The van der Waals surface area contributed by atoms with Crippen LogP contribution in [0.2, 0.25) is 0 Å². The number of carbonyl (C=O) groups excluding carboxylic acids is 1. The van der Waals surface area contributed by atoms with Gasteiger partial charge in [0.1, 0.15) is 0 Å². The number of amides is 1. The molecule has 1 saturated carbocycles. The van der Waals surface area contributed by atoms with E-state index in [1.165, 1.54) is 32.2 Å². The third-order valence-corrected chi connectivity index (χ3v) is 6.52. The fourth-order valence-corrected chi connectivity index (χ4v) is 4.79. The van der Waals surface area contributed by atoms with Crippen LogP contribution < -0.4 is 14.8 Å². The van der Waals surface area contributed by atoms with Crippen LogP contribution >= 0.6 is 22.6 Å². The van der Waals surface area contributed by atoms with E-state index in [-0.39, 0.29) is 11.9 Å². The molecule has 1 aliphatic carbocycles. The first-order valence-electron chi connectivity index (χ1n) is 9.55. The van der Waals surface area contributed by atoms with Crippen LogP contribution in [0.15, 0.2) is 12.1 Å². The lowest BCUT2D eigenvalue weighted by Gasteiger charge is -2.34. The van der Waals surface area contributed by atoms with Crippen LogP contribution in [0.4, 0.5) is 0 Å². The molecule has 1 saturated heterocycles. The van der Waals surface area contributed by atoms with Crippen molar-refractivity contribution >= 4 is 28.5 Å². The molecule has 26 heavy (non-hydrogen) atoms. The average molecular weight is 472 g/mol. The Hall–Kier alpha value is -1.02. The molecule has 144 valence electrons. The van der Waals surface area contributed by atoms with Gasteiger partial charge in [-0.15, -0.1) is 0 Å². The molecule has 0 atom stereocenters. The van der Waals surface area contributed by atoms with Crippen LogP contribution in [0.25, 0.3) is 0 Å². The van der Waals surface area contributed by atoms with Crippen molar-refractivity contribution in [3.8, 4) is 11.5 Å². The Morgan fingerprint density at radius 3 is 2.35 bits per heavy atom. The van der Waals surface area contributed by atoms with Gasteiger partial charge in [-0.3, -0.25) is 4.79 Å². The maximum absolute atomic E-state index is 12.7. The van der Waals surface area contributed by atoms with Crippen molar-refractivity contribution in [1.82, 2.24) is 10.2 Å². The molecule has 1 heterocycles. The molecule has 1 aromatic rings. The molecular weight excluding hydrogens is 443 g/mol. The summed E-state index contributed by atoms with van der Waals surface area (Å²) in [7, 11) is 3.19. The number of benzene rings is 1. The van der Waals surface area contributed by atoms with Gasteiger partial charge in [0.2, 0.25) is 0 Å². The van der Waals surface area contributed by atoms with E-state index in [4.69, 9.17) is 9.47 Å². The summed E-state index contributed by atoms with van der Waals surface area (Å²) in [6.07, 6.45) is 7.66. The largest absolute Gasteiger partial charge is 0.493 e. The van der Waals surface area contributed by atoms with Crippen LogP contribution in [0.3, 0.4) is 0 Å².